The third-order valence-electron chi connectivity index (χ3n) is 1.87. The molecule has 0 heterocycles. The van der Waals surface area contributed by atoms with Crippen molar-refractivity contribution < 1.29 is 14.5 Å². The topological polar surface area (TPSA) is 69.4 Å². The van der Waals surface area contributed by atoms with E-state index >= 15 is 0 Å². The van der Waals surface area contributed by atoms with Gasteiger partial charge in [0.15, 0.2) is 0 Å². The molecule has 5 heteroatoms. The third-order valence-corrected chi connectivity index (χ3v) is 1.87. The molecule has 0 saturated heterocycles. The monoisotopic (exact) mass is 225 g/mol. The van der Waals surface area contributed by atoms with Gasteiger partial charge < -0.3 is 4.74 Å². The van der Waals surface area contributed by atoms with Crippen LogP contribution in [0.3, 0.4) is 0 Å². The molecule has 0 aliphatic rings. The average molecular weight is 225 g/mol. The second-order valence-electron chi connectivity index (χ2n) is 3.34. The molecule has 0 saturated carbocycles. The van der Waals surface area contributed by atoms with Gasteiger partial charge in [-0.1, -0.05) is 26.0 Å². The molecule has 0 N–H and O–H groups in total. The van der Waals surface area contributed by atoms with E-state index in [1.165, 1.54) is 19.2 Å². The zero-order chi connectivity index (χ0) is 12.6. The highest BCUT2D eigenvalue weighted by molar-refractivity contribution is 5.36. The lowest BCUT2D eigenvalue weighted by atomic mass is 10.0. The SMILES string of the molecule is CC(C)c1ccc([N+](=O)[O-])cc1.COC=O. The summed E-state index contributed by atoms with van der Waals surface area (Å²) in [7, 11) is 1.31. The maximum Gasteiger partial charge on any atom is 0.292 e. The molecule has 88 valence electrons. The molecule has 0 spiro atoms. The van der Waals surface area contributed by atoms with Gasteiger partial charge >= 0.3 is 0 Å². The van der Waals surface area contributed by atoms with Gasteiger partial charge in [0.05, 0.1) is 12.0 Å². The summed E-state index contributed by atoms with van der Waals surface area (Å²) in [6, 6.07) is 6.66. The zero-order valence-corrected chi connectivity index (χ0v) is 9.54. The van der Waals surface area contributed by atoms with Crippen LogP contribution in [-0.2, 0) is 9.53 Å². The maximum atomic E-state index is 10.3. The summed E-state index contributed by atoms with van der Waals surface area (Å²) >= 11 is 0. The molecule has 1 aromatic rings. The standard InChI is InChI=1S/C9H11NO2.C2H4O2/c1-7(2)8-3-5-9(6-4-8)10(11)12;1-4-2-3/h3-7H,1-2H3;2H,1H3. The van der Waals surface area contributed by atoms with Crippen LogP contribution in [0.25, 0.3) is 0 Å². The fourth-order valence-electron chi connectivity index (χ4n) is 0.981. The highest BCUT2D eigenvalue weighted by Gasteiger charge is 2.04. The number of non-ortho nitro benzene ring substituents is 1. The molecule has 0 fully saturated rings. The maximum absolute atomic E-state index is 10.3. The van der Waals surface area contributed by atoms with Crippen molar-refractivity contribution in [2.45, 2.75) is 19.8 Å². The van der Waals surface area contributed by atoms with E-state index in [4.69, 9.17) is 4.79 Å². The van der Waals surface area contributed by atoms with Crippen molar-refractivity contribution in [1.82, 2.24) is 0 Å². The van der Waals surface area contributed by atoms with Crippen LogP contribution < -0.4 is 0 Å². The Bertz CT molecular complexity index is 332. The van der Waals surface area contributed by atoms with Crippen molar-refractivity contribution >= 4 is 12.2 Å². The van der Waals surface area contributed by atoms with Crippen LogP contribution in [-0.4, -0.2) is 18.5 Å². The summed E-state index contributed by atoms with van der Waals surface area (Å²) in [5, 5.41) is 10.3. The van der Waals surface area contributed by atoms with E-state index in [1.54, 1.807) is 12.1 Å². The van der Waals surface area contributed by atoms with Crippen molar-refractivity contribution in [3.63, 3.8) is 0 Å². The number of methoxy groups -OCH3 is 1. The van der Waals surface area contributed by atoms with Gasteiger partial charge in [-0.15, -0.1) is 0 Å². The normalized spacial score (nSPS) is 9.00. The van der Waals surface area contributed by atoms with Gasteiger partial charge in [0, 0.05) is 12.1 Å². The molecule has 0 atom stereocenters. The van der Waals surface area contributed by atoms with Crippen LogP contribution in [0.2, 0.25) is 0 Å². The molecule has 16 heavy (non-hydrogen) atoms. The van der Waals surface area contributed by atoms with Crippen LogP contribution in [0.4, 0.5) is 5.69 Å². The number of nitro benzene ring substituents is 1. The summed E-state index contributed by atoms with van der Waals surface area (Å²) in [4.78, 5) is 18.9. The van der Waals surface area contributed by atoms with Crippen LogP contribution in [0.15, 0.2) is 24.3 Å². The summed E-state index contributed by atoms with van der Waals surface area (Å²) in [5.41, 5.74) is 1.28. The van der Waals surface area contributed by atoms with Crippen LogP contribution in [0.1, 0.15) is 25.3 Å². The van der Waals surface area contributed by atoms with Crippen LogP contribution in [0.5, 0.6) is 0 Å². The number of nitrogens with zero attached hydrogens (tertiary/aromatic N) is 1. The highest BCUT2D eigenvalue weighted by Crippen LogP contribution is 2.17. The van der Waals surface area contributed by atoms with Crippen molar-refractivity contribution in [3.05, 3.63) is 39.9 Å². The summed E-state index contributed by atoms with van der Waals surface area (Å²) in [5.74, 6) is 0.422. The van der Waals surface area contributed by atoms with E-state index in [0.717, 1.165) is 5.56 Å². The minimum atomic E-state index is -0.385. The van der Waals surface area contributed by atoms with Gasteiger partial charge in [0.2, 0.25) is 0 Å². The van der Waals surface area contributed by atoms with Gasteiger partial charge in [0.25, 0.3) is 12.2 Å². The predicted molar refractivity (Wildman–Crippen MR) is 60.3 cm³/mol. The van der Waals surface area contributed by atoms with E-state index in [0.29, 0.717) is 12.4 Å². The number of nitro groups is 1. The van der Waals surface area contributed by atoms with E-state index in [2.05, 4.69) is 18.6 Å². The Hall–Kier alpha value is -1.91. The molecule has 1 rings (SSSR count). The Morgan fingerprint density at radius 2 is 1.75 bits per heavy atom. The average Bonchev–Trinajstić information content (AvgIpc) is 2.29. The zero-order valence-electron chi connectivity index (χ0n) is 9.54. The van der Waals surface area contributed by atoms with Crippen molar-refractivity contribution in [3.8, 4) is 0 Å². The molecule has 0 radical (unpaired) electrons. The Balaban J connectivity index is 0.000000487. The largest absolute Gasteiger partial charge is 0.471 e. The Morgan fingerprint density at radius 1 is 1.31 bits per heavy atom. The lowest BCUT2D eigenvalue weighted by Crippen LogP contribution is -1.90. The lowest BCUT2D eigenvalue weighted by Gasteiger charge is -2.02. The number of ether oxygens (including phenoxy) is 1. The fraction of sp³-hybridized carbons (Fsp3) is 0.364. The number of benzene rings is 1. The quantitative estimate of drug-likeness (QED) is 0.450. The van der Waals surface area contributed by atoms with Gasteiger partial charge in [-0.05, 0) is 11.5 Å². The third kappa shape index (κ3) is 5.09. The minimum absolute atomic E-state index is 0.152. The van der Waals surface area contributed by atoms with E-state index in [9.17, 15) is 10.1 Å². The van der Waals surface area contributed by atoms with Crippen molar-refractivity contribution in [1.29, 1.82) is 0 Å². The number of carbonyl (C=O) groups excluding carboxylic acids is 1. The van der Waals surface area contributed by atoms with Crippen LogP contribution in [0, 0.1) is 10.1 Å². The highest BCUT2D eigenvalue weighted by atomic mass is 16.6. The van der Waals surface area contributed by atoms with E-state index < -0.39 is 0 Å². The molecule has 1 aromatic carbocycles. The first-order valence-corrected chi connectivity index (χ1v) is 4.73. The molecule has 0 bridgehead atoms. The molecule has 5 nitrogen and oxygen atoms in total. The van der Waals surface area contributed by atoms with Gasteiger partial charge in [-0.3, -0.25) is 14.9 Å². The first kappa shape index (κ1) is 14.1. The number of hydrogen-bond donors (Lipinski definition) is 0. The smallest absolute Gasteiger partial charge is 0.292 e. The van der Waals surface area contributed by atoms with Gasteiger partial charge in [0.1, 0.15) is 0 Å². The Kier molecular flexibility index (Phi) is 6.51. The first-order valence-electron chi connectivity index (χ1n) is 4.73. The van der Waals surface area contributed by atoms with E-state index in [1.807, 2.05) is 0 Å². The molecule has 0 aliphatic carbocycles. The lowest BCUT2D eigenvalue weighted by molar-refractivity contribution is -0.384. The van der Waals surface area contributed by atoms with Crippen molar-refractivity contribution in [2.24, 2.45) is 0 Å². The predicted octanol–water partition coefficient (Wildman–Crippen LogP) is 2.51. The van der Waals surface area contributed by atoms with Gasteiger partial charge in [-0.25, -0.2) is 0 Å². The Morgan fingerprint density at radius 3 is 2.00 bits per heavy atom. The first-order chi connectivity index (χ1) is 7.52. The molecule has 0 aromatic heterocycles. The number of hydrogen-bond acceptors (Lipinski definition) is 4. The van der Waals surface area contributed by atoms with Crippen molar-refractivity contribution in [2.75, 3.05) is 7.11 Å². The summed E-state index contributed by atoms with van der Waals surface area (Å²) < 4.78 is 3.86. The second-order valence-corrected chi connectivity index (χ2v) is 3.34. The Labute approximate surface area is 94.2 Å². The van der Waals surface area contributed by atoms with Gasteiger partial charge in [-0.2, -0.15) is 0 Å². The number of rotatable bonds is 3. The summed E-state index contributed by atoms with van der Waals surface area (Å²) in [6.45, 7) is 4.49. The van der Waals surface area contributed by atoms with Crippen LogP contribution >= 0.6 is 0 Å². The molecule has 0 aliphatic heterocycles. The minimum Gasteiger partial charge on any atom is -0.471 e. The van der Waals surface area contributed by atoms with E-state index in [-0.39, 0.29) is 10.6 Å². The fourth-order valence-corrected chi connectivity index (χ4v) is 0.981. The molecular weight excluding hydrogens is 210 g/mol. The second kappa shape index (κ2) is 7.39. The summed E-state index contributed by atoms with van der Waals surface area (Å²) in [6.07, 6.45) is 0. The number of carbonyl (C=O) groups is 1. The molecule has 0 unspecified atom stereocenters. The molecular formula is C11H15NO4. The molecule has 0 amide bonds.